The smallest absolute Gasteiger partial charge is 0.410 e. The van der Waals surface area contributed by atoms with Crippen molar-refractivity contribution in [3.05, 3.63) is 34.3 Å². The maximum absolute atomic E-state index is 12.5. The number of benzene rings is 1. The average Bonchev–Trinajstić information content (AvgIpc) is 2.39. The van der Waals surface area contributed by atoms with Gasteiger partial charge in [-0.25, -0.2) is 4.79 Å². The molecule has 1 heterocycles. The van der Waals surface area contributed by atoms with Crippen molar-refractivity contribution in [2.75, 3.05) is 6.54 Å². The van der Waals surface area contributed by atoms with Gasteiger partial charge in [0.15, 0.2) is 0 Å². The van der Waals surface area contributed by atoms with Crippen molar-refractivity contribution in [1.82, 2.24) is 4.90 Å². The zero-order valence-electron chi connectivity index (χ0n) is 13.7. The zero-order valence-corrected chi connectivity index (χ0v) is 14.5. The van der Waals surface area contributed by atoms with Gasteiger partial charge >= 0.3 is 6.09 Å². The Morgan fingerprint density at radius 1 is 1.41 bits per heavy atom. The minimum Gasteiger partial charge on any atom is -0.444 e. The Morgan fingerprint density at radius 2 is 2.09 bits per heavy atom. The molecule has 1 aliphatic rings. The first-order valence-corrected chi connectivity index (χ1v) is 8.07. The van der Waals surface area contributed by atoms with E-state index in [0.29, 0.717) is 11.6 Å². The summed E-state index contributed by atoms with van der Waals surface area (Å²) in [4.78, 5) is 14.3. The molecule has 22 heavy (non-hydrogen) atoms. The Bertz CT molecular complexity index is 554. The minimum atomic E-state index is -0.509. The number of carbonyl (C=O) groups is 1. The molecular formula is C17H25ClN2O2. The third kappa shape index (κ3) is 3.93. The van der Waals surface area contributed by atoms with Gasteiger partial charge in [0.05, 0.1) is 6.04 Å². The molecule has 0 aliphatic carbocycles. The van der Waals surface area contributed by atoms with Gasteiger partial charge in [-0.1, -0.05) is 23.7 Å². The van der Waals surface area contributed by atoms with Crippen LogP contribution >= 0.6 is 11.6 Å². The highest BCUT2D eigenvalue weighted by molar-refractivity contribution is 6.31. The van der Waals surface area contributed by atoms with Gasteiger partial charge in [-0.3, -0.25) is 0 Å². The second kappa shape index (κ2) is 6.47. The van der Waals surface area contributed by atoms with E-state index < -0.39 is 5.60 Å². The molecule has 0 saturated carbocycles. The van der Waals surface area contributed by atoms with Crippen LogP contribution in [0.25, 0.3) is 0 Å². The number of hydrogen-bond donors (Lipinski definition) is 1. The molecule has 4 nitrogen and oxygen atoms in total. The fourth-order valence-electron chi connectivity index (χ4n) is 2.81. The molecule has 1 aromatic rings. The SMILES string of the molecule is Cc1c(Cl)cccc1C1CC(N)CCN1C(=O)OC(C)(C)C. The van der Waals surface area contributed by atoms with Crippen molar-refractivity contribution >= 4 is 17.7 Å². The largest absolute Gasteiger partial charge is 0.444 e. The molecule has 0 radical (unpaired) electrons. The van der Waals surface area contributed by atoms with Crippen LogP contribution in [0.3, 0.4) is 0 Å². The van der Waals surface area contributed by atoms with E-state index in [0.717, 1.165) is 24.0 Å². The van der Waals surface area contributed by atoms with Crippen molar-refractivity contribution < 1.29 is 9.53 Å². The van der Waals surface area contributed by atoms with Gasteiger partial charge in [0, 0.05) is 17.6 Å². The van der Waals surface area contributed by atoms with Crippen molar-refractivity contribution in [3.8, 4) is 0 Å². The van der Waals surface area contributed by atoms with E-state index in [1.165, 1.54) is 0 Å². The lowest BCUT2D eigenvalue weighted by atomic mass is 9.90. The molecule has 2 rings (SSSR count). The van der Waals surface area contributed by atoms with E-state index in [1.807, 2.05) is 45.9 Å². The second-order valence-electron chi connectivity index (χ2n) is 6.93. The number of piperidine rings is 1. The quantitative estimate of drug-likeness (QED) is 0.848. The molecule has 0 bridgehead atoms. The van der Waals surface area contributed by atoms with E-state index in [2.05, 4.69) is 0 Å². The molecule has 1 amide bonds. The van der Waals surface area contributed by atoms with Gasteiger partial charge in [0.25, 0.3) is 0 Å². The fourth-order valence-corrected chi connectivity index (χ4v) is 2.99. The first-order chi connectivity index (χ1) is 10.2. The van der Waals surface area contributed by atoms with Crippen molar-refractivity contribution in [3.63, 3.8) is 0 Å². The number of likely N-dealkylation sites (tertiary alicyclic amines) is 1. The van der Waals surface area contributed by atoms with Crippen LogP contribution in [-0.2, 0) is 4.74 Å². The lowest BCUT2D eigenvalue weighted by molar-refractivity contribution is 0.00791. The molecular weight excluding hydrogens is 300 g/mol. The third-order valence-corrected chi connectivity index (χ3v) is 4.35. The van der Waals surface area contributed by atoms with Crippen LogP contribution in [0, 0.1) is 6.92 Å². The van der Waals surface area contributed by atoms with E-state index in [1.54, 1.807) is 4.90 Å². The molecule has 2 N–H and O–H groups in total. The summed E-state index contributed by atoms with van der Waals surface area (Å²) in [6.45, 7) is 8.21. The Kier molecular flexibility index (Phi) is 5.03. The molecule has 1 fully saturated rings. The first-order valence-electron chi connectivity index (χ1n) is 7.69. The van der Waals surface area contributed by atoms with Crippen molar-refractivity contribution in [2.45, 2.75) is 58.2 Å². The van der Waals surface area contributed by atoms with Crippen LogP contribution in [0.15, 0.2) is 18.2 Å². The monoisotopic (exact) mass is 324 g/mol. The van der Waals surface area contributed by atoms with Gasteiger partial charge in [-0.15, -0.1) is 0 Å². The van der Waals surface area contributed by atoms with Crippen LogP contribution in [0.1, 0.15) is 50.8 Å². The van der Waals surface area contributed by atoms with E-state index in [4.69, 9.17) is 22.1 Å². The molecule has 1 aromatic carbocycles. The molecule has 0 spiro atoms. The average molecular weight is 325 g/mol. The highest BCUT2D eigenvalue weighted by atomic mass is 35.5. The molecule has 1 saturated heterocycles. The topological polar surface area (TPSA) is 55.6 Å². The van der Waals surface area contributed by atoms with Crippen LogP contribution in [-0.4, -0.2) is 29.2 Å². The van der Waals surface area contributed by atoms with Gasteiger partial charge < -0.3 is 15.4 Å². The number of ether oxygens (including phenoxy) is 1. The summed E-state index contributed by atoms with van der Waals surface area (Å²) in [7, 11) is 0. The number of rotatable bonds is 1. The number of halogens is 1. The maximum atomic E-state index is 12.5. The molecule has 1 aliphatic heterocycles. The predicted octanol–water partition coefficient (Wildman–Crippen LogP) is 4.05. The third-order valence-electron chi connectivity index (χ3n) is 3.94. The lowest BCUT2D eigenvalue weighted by Crippen LogP contribution is -2.47. The second-order valence-corrected chi connectivity index (χ2v) is 7.34. The number of nitrogens with two attached hydrogens (primary N) is 1. The van der Waals surface area contributed by atoms with Crippen LogP contribution in [0.5, 0.6) is 0 Å². The van der Waals surface area contributed by atoms with Crippen LogP contribution in [0.2, 0.25) is 5.02 Å². The Balaban J connectivity index is 2.31. The Hall–Kier alpha value is -1.26. The number of amides is 1. The fraction of sp³-hybridized carbons (Fsp3) is 0.588. The summed E-state index contributed by atoms with van der Waals surface area (Å²) in [5.74, 6) is 0. The van der Waals surface area contributed by atoms with Crippen molar-refractivity contribution in [2.24, 2.45) is 5.73 Å². The standard InChI is InChI=1S/C17H25ClN2O2/c1-11-13(6-5-7-14(11)18)15-10-12(19)8-9-20(15)16(21)22-17(2,3)4/h5-7,12,15H,8-10,19H2,1-4H3. The van der Waals surface area contributed by atoms with E-state index in [9.17, 15) is 4.79 Å². The summed E-state index contributed by atoms with van der Waals surface area (Å²) >= 11 is 6.24. The normalized spacial score (nSPS) is 22.5. The lowest BCUT2D eigenvalue weighted by Gasteiger charge is -2.39. The van der Waals surface area contributed by atoms with Gasteiger partial charge in [-0.2, -0.15) is 0 Å². The Morgan fingerprint density at radius 3 is 2.73 bits per heavy atom. The summed E-state index contributed by atoms with van der Waals surface area (Å²) in [6.07, 6.45) is 1.22. The van der Waals surface area contributed by atoms with E-state index in [-0.39, 0.29) is 18.2 Å². The predicted molar refractivity (Wildman–Crippen MR) is 89.1 cm³/mol. The Labute approximate surface area is 137 Å². The van der Waals surface area contributed by atoms with Gasteiger partial charge in [0.1, 0.15) is 5.60 Å². The summed E-state index contributed by atoms with van der Waals surface area (Å²) < 4.78 is 5.55. The zero-order chi connectivity index (χ0) is 16.5. The number of nitrogens with zero attached hydrogens (tertiary/aromatic N) is 1. The first kappa shape index (κ1) is 17.1. The molecule has 2 atom stereocenters. The summed E-state index contributed by atoms with van der Waals surface area (Å²) in [5.41, 5.74) is 7.67. The van der Waals surface area contributed by atoms with Crippen molar-refractivity contribution in [1.29, 1.82) is 0 Å². The molecule has 0 aromatic heterocycles. The summed E-state index contributed by atoms with van der Waals surface area (Å²) in [5, 5.41) is 0.709. The summed E-state index contributed by atoms with van der Waals surface area (Å²) in [6, 6.07) is 5.79. The number of carbonyl (C=O) groups excluding carboxylic acids is 1. The van der Waals surface area contributed by atoms with Gasteiger partial charge in [-0.05, 0) is 57.7 Å². The van der Waals surface area contributed by atoms with Crippen LogP contribution < -0.4 is 5.73 Å². The molecule has 2 unspecified atom stereocenters. The highest BCUT2D eigenvalue weighted by Gasteiger charge is 2.34. The molecule has 5 heteroatoms. The highest BCUT2D eigenvalue weighted by Crippen LogP contribution is 2.35. The molecule has 122 valence electrons. The number of hydrogen-bond acceptors (Lipinski definition) is 3. The van der Waals surface area contributed by atoms with Gasteiger partial charge in [0.2, 0.25) is 0 Å². The minimum absolute atomic E-state index is 0.0852. The maximum Gasteiger partial charge on any atom is 0.410 e. The van der Waals surface area contributed by atoms with Crippen LogP contribution in [0.4, 0.5) is 4.79 Å². The van der Waals surface area contributed by atoms with E-state index >= 15 is 0 Å².